The number of oxazole rings is 1. The van der Waals surface area contributed by atoms with Crippen molar-refractivity contribution in [3.63, 3.8) is 0 Å². The number of rotatable bonds is 7. The van der Waals surface area contributed by atoms with E-state index < -0.39 is 6.10 Å². The SMILES string of the molecule is O=C(Cc1ccccc1)NCc1ccc(-c2nc(C(=O)N3CC[C@@H](CO)[C@H](O)C3)co2)cc1. The first kappa shape index (κ1) is 22.7. The lowest BCUT2D eigenvalue weighted by molar-refractivity contribution is -0.120. The average Bonchev–Trinajstić information content (AvgIpc) is 3.33. The van der Waals surface area contributed by atoms with Crippen molar-refractivity contribution in [3.05, 3.63) is 77.7 Å². The van der Waals surface area contributed by atoms with Crippen molar-refractivity contribution in [3.8, 4) is 11.5 Å². The number of nitrogens with one attached hydrogen (secondary N) is 1. The highest BCUT2D eigenvalue weighted by molar-refractivity contribution is 5.92. The van der Waals surface area contributed by atoms with Crippen molar-refractivity contribution in [2.75, 3.05) is 19.7 Å². The van der Waals surface area contributed by atoms with Crippen molar-refractivity contribution < 1.29 is 24.2 Å². The maximum atomic E-state index is 12.7. The summed E-state index contributed by atoms with van der Waals surface area (Å²) in [5, 5.41) is 22.2. The summed E-state index contributed by atoms with van der Waals surface area (Å²) < 4.78 is 5.51. The number of aliphatic hydroxyl groups excluding tert-OH is 2. The van der Waals surface area contributed by atoms with Crippen LogP contribution in [0.25, 0.3) is 11.5 Å². The van der Waals surface area contributed by atoms with Gasteiger partial charge in [0.15, 0.2) is 5.69 Å². The summed E-state index contributed by atoms with van der Waals surface area (Å²) in [6.07, 6.45) is 1.44. The molecule has 2 amide bonds. The second-order valence-electron chi connectivity index (χ2n) is 8.22. The molecule has 1 fully saturated rings. The fourth-order valence-electron chi connectivity index (χ4n) is 3.85. The van der Waals surface area contributed by atoms with Gasteiger partial charge in [0.1, 0.15) is 6.26 Å². The second kappa shape index (κ2) is 10.4. The molecule has 8 nitrogen and oxygen atoms in total. The minimum Gasteiger partial charge on any atom is -0.444 e. The van der Waals surface area contributed by atoms with Gasteiger partial charge in [-0.05, 0) is 29.7 Å². The van der Waals surface area contributed by atoms with E-state index in [9.17, 15) is 19.8 Å². The molecule has 1 aliphatic heterocycles. The first-order chi connectivity index (χ1) is 16.0. The van der Waals surface area contributed by atoms with Gasteiger partial charge >= 0.3 is 0 Å². The number of benzene rings is 2. The molecule has 4 rings (SSSR count). The molecule has 1 aromatic heterocycles. The molecular formula is C25H27N3O5. The molecule has 3 aromatic rings. The maximum absolute atomic E-state index is 12.7. The number of aliphatic hydroxyl groups is 2. The van der Waals surface area contributed by atoms with Crippen LogP contribution in [-0.2, 0) is 17.8 Å². The third-order valence-electron chi connectivity index (χ3n) is 5.86. The number of hydrogen-bond donors (Lipinski definition) is 3. The van der Waals surface area contributed by atoms with Crippen molar-refractivity contribution in [1.82, 2.24) is 15.2 Å². The van der Waals surface area contributed by atoms with E-state index in [-0.39, 0.29) is 36.6 Å². The predicted octanol–water partition coefficient (Wildman–Crippen LogP) is 2.02. The van der Waals surface area contributed by atoms with Crippen molar-refractivity contribution in [2.24, 2.45) is 5.92 Å². The standard InChI is InChI=1S/C25H27N3O5/c29-15-20-10-11-28(14-22(20)30)25(32)21-16-33-24(27-21)19-8-6-18(7-9-19)13-26-23(31)12-17-4-2-1-3-5-17/h1-9,16,20,22,29-30H,10-15H2,(H,26,31)/t20-,22+/m0/s1. The monoisotopic (exact) mass is 449 g/mol. The highest BCUT2D eigenvalue weighted by Crippen LogP contribution is 2.22. The van der Waals surface area contributed by atoms with Crippen molar-refractivity contribution >= 4 is 11.8 Å². The molecular weight excluding hydrogens is 422 g/mol. The minimum atomic E-state index is -0.750. The Morgan fingerprint density at radius 2 is 1.85 bits per heavy atom. The molecule has 0 unspecified atom stereocenters. The Bertz CT molecular complexity index is 1080. The van der Waals surface area contributed by atoms with E-state index in [2.05, 4.69) is 10.3 Å². The normalized spacial score (nSPS) is 18.2. The Balaban J connectivity index is 1.32. The zero-order chi connectivity index (χ0) is 23.2. The van der Waals surface area contributed by atoms with Gasteiger partial charge in [0.2, 0.25) is 11.8 Å². The summed E-state index contributed by atoms with van der Waals surface area (Å²) >= 11 is 0. The molecule has 1 aliphatic rings. The van der Waals surface area contributed by atoms with Crippen molar-refractivity contribution in [2.45, 2.75) is 25.5 Å². The Kier molecular flexibility index (Phi) is 7.16. The van der Waals surface area contributed by atoms with Gasteiger partial charge in [-0.1, -0.05) is 42.5 Å². The number of hydrogen-bond acceptors (Lipinski definition) is 6. The Morgan fingerprint density at radius 1 is 1.09 bits per heavy atom. The van der Waals surface area contributed by atoms with Gasteiger partial charge in [0.05, 0.1) is 12.5 Å². The Hall–Kier alpha value is -3.49. The third kappa shape index (κ3) is 5.66. The summed E-state index contributed by atoms with van der Waals surface area (Å²) in [4.78, 5) is 30.7. The van der Waals surface area contributed by atoms with Gasteiger partial charge < -0.3 is 24.8 Å². The summed E-state index contributed by atoms with van der Waals surface area (Å²) in [6.45, 7) is 0.933. The van der Waals surface area contributed by atoms with Crippen LogP contribution in [0.3, 0.4) is 0 Å². The molecule has 2 heterocycles. The zero-order valence-corrected chi connectivity index (χ0v) is 18.2. The van der Waals surface area contributed by atoms with Crippen LogP contribution in [-0.4, -0.2) is 57.7 Å². The summed E-state index contributed by atoms with van der Waals surface area (Å²) in [5.41, 5.74) is 2.79. The molecule has 1 saturated heterocycles. The fraction of sp³-hybridized carbons (Fsp3) is 0.320. The van der Waals surface area contributed by atoms with Crippen LogP contribution in [0.4, 0.5) is 0 Å². The lowest BCUT2D eigenvalue weighted by atomic mass is 9.94. The summed E-state index contributed by atoms with van der Waals surface area (Å²) in [7, 11) is 0. The maximum Gasteiger partial charge on any atom is 0.275 e. The highest BCUT2D eigenvalue weighted by Gasteiger charge is 2.31. The van der Waals surface area contributed by atoms with E-state index >= 15 is 0 Å². The van der Waals surface area contributed by atoms with Crippen LogP contribution in [0, 0.1) is 5.92 Å². The number of aromatic nitrogens is 1. The average molecular weight is 450 g/mol. The smallest absolute Gasteiger partial charge is 0.275 e. The topological polar surface area (TPSA) is 116 Å². The van der Waals surface area contributed by atoms with Crippen LogP contribution in [0.5, 0.6) is 0 Å². The number of carbonyl (C=O) groups is 2. The lowest BCUT2D eigenvalue weighted by Gasteiger charge is -2.34. The van der Waals surface area contributed by atoms with E-state index in [4.69, 9.17) is 4.42 Å². The van der Waals surface area contributed by atoms with Crippen LogP contribution in [0.15, 0.2) is 65.3 Å². The lowest BCUT2D eigenvalue weighted by Crippen LogP contribution is -2.47. The van der Waals surface area contributed by atoms with Crippen LogP contribution < -0.4 is 5.32 Å². The molecule has 0 bridgehead atoms. The third-order valence-corrected chi connectivity index (χ3v) is 5.86. The molecule has 0 spiro atoms. The van der Waals surface area contributed by atoms with E-state index in [1.165, 1.54) is 11.2 Å². The Morgan fingerprint density at radius 3 is 2.55 bits per heavy atom. The first-order valence-corrected chi connectivity index (χ1v) is 11.0. The first-order valence-electron chi connectivity index (χ1n) is 11.0. The molecule has 3 N–H and O–H groups in total. The molecule has 0 saturated carbocycles. The van der Waals surface area contributed by atoms with Crippen LogP contribution in [0.2, 0.25) is 0 Å². The fourth-order valence-corrected chi connectivity index (χ4v) is 3.85. The minimum absolute atomic E-state index is 0.0470. The number of carbonyl (C=O) groups excluding carboxylic acids is 2. The van der Waals surface area contributed by atoms with Gasteiger partial charge in [0, 0.05) is 37.7 Å². The molecule has 8 heteroatoms. The largest absolute Gasteiger partial charge is 0.444 e. The van der Waals surface area contributed by atoms with Crippen LogP contribution >= 0.6 is 0 Å². The number of β-amino-alcohol motifs (C(OH)–C–C–N with tert-alkyl or cyclic N) is 1. The van der Waals surface area contributed by atoms with E-state index in [0.29, 0.717) is 37.4 Å². The van der Waals surface area contributed by atoms with Gasteiger partial charge in [-0.25, -0.2) is 4.98 Å². The summed E-state index contributed by atoms with van der Waals surface area (Å²) in [5.74, 6) is -0.236. The molecule has 0 radical (unpaired) electrons. The van der Waals surface area contributed by atoms with Gasteiger partial charge in [-0.3, -0.25) is 9.59 Å². The van der Waals surface area contributed by atoms with Crippen molar-refractivity contribution in [1.29, 1.82) is 0 Å². The molecule has 172 valence electrons. The molecule has 33 heavy (non-hydrogen) atoms. The van der Waals surface area contributed by atoms with Crippen LogP contribution in [0.1, 0.15) is 28.0 Å². The zero-order valence-electron chi connectivity index (χ0n) is 18.2. The Labute approximate surface area is 191 Å². The quantitative estimate of drug-likeness (QED) is 0.508. The van der Waals surface area contributed by atoms with Gasteiger partial charge in [0.25, 0.3) is 5.91 Å². The van der Waals surface area contributed by atoms with E-state index in [0.717, 1.165) is 11.1 Å². The highest BCUT2D eigenvalue weighted by atomic mass is 16.3. The number of piperidine rings is 1. The predicted molar refractivity (Wildman–Crippen MR) is 121 cm³/mol. The number of amides is 2. The van der Waals surface area contributed by atoms with E-state index in [1.54, 1.807) is 0 Å². The molecule has 2 aromatic carbocycles. The van der Waals surface area contributed by atoms with Gasteiger partial charge in [-0.2, -0.15) is 0 Å². The number of likely N-dealkylation sites (tertiary alicyclic amines) is 1. The van der Waals surface area contributed by atoms with Gasteiger partial charge in [-0.15, -0.1) is 0 Å². The summed E-state index contributed by atoms with van der Waals surface area (Å²) in [6, 6.07) is 17.0. The molecule has 0 aliphatic carbocycles. The van der Waals surface area contributed by atoms with E-state index in [1.807, 2.05) is 54.6 Å². The molecule has 2 atom stereocenters. The number of nitrogens with zero attached hydrogens (tertiary/aromatic N) is 2. The second-order valence-corrected chi connectivity index (χ2v) is 8.22.